The van der Waals surface area contributed by atoms with Gasteiger partial charge in [0.25, 0.3) is 0 Å². The number of rotatable bonds is 10. The quantitative estimate of drug-likeness (QED) is 0.184. The number of alkyl halides is 10. The molecule has 0 fully saturated rings. The van der Waals surface area contributed by atoms with Gasteiger partial charge in [-0.25, -0.2) is 16.8 Å². The van der Waals surface area contributed by atoms with Gasteiger partial charge < -0.3 is 13.9 Å². The second-order valence-corrected chi connectivity index (χ2v) is 10.9. The van der Waals surface area contributed by atoms with E-state index in [0.29, 0.717) is 9.70 Å². The Kier molecular flexibility index (Phi) is 11.8. The highest BCUT2D eigenvalue weighted by atomic mass is 32.3. The van der Waals surface area contributed by atoms with E-state index in [1.807, 2.05) is 0 Å². The first-order valence-electron chi connectivity index (χ1n) is 8.98. The number of amides is 1. The van der Waals surface area contributed by atoms with E-state index < -0.39 is 42.9 Å². The van der Waals surface area contributed by atoms with Gasteiger partial charge in [0.2, 0.25) is 5.91 Å². The van der Waals surface area contributed by atoms with E-state index in [4.69, 9.17) is 0 Å². The molecule has 8 nitrogen and oxygen atoms in total. The molecule has 0 aliphatic carbocycles. The van der Waals surface area contributed by atoms with E-state index in [2.05, 4.69) is 32.9 Å². The third-order valence-electron chi connectivity index (χ3n) is 3.97. The van der Waals surface area contributed by atoms with Crippen molar-refractivity contribution in [1.82, 2.24) is 5.32 Å². The van der Waals surface area contributed by atoms with Gasteiger partial charge in [-0.05, 0) is 13.8 Å². The van der Waals surface area contributed by atoms with Crippen LogP contribution in [0.15, 0.2) is 12.2 Å². The van der Waals surface area contributed by atoms with Crippen LogP contribution in [0.4, 0.5) is 43.9 Å². The first-order valence-corrected chi connectivity index (χ1v) is 11.9. The maximum absolute atomic E-state index is 12.3. The van der Waals surface area contributed by atoms with E-state index in [1.165, 1.54) is 0 Å². The highest BCUT2D eigenvalue weighted by Crippen LogP contribution is 2.47. The topological polar surface area (TPSA) is 111 Å². The first-order chi connectivity index (χ1) is 15.1. The van der Waals surface area contributed by atoms with Crippen LogP contribution in [-0.4, -0.2) is 83.8 Å². The fourth-order valence-electron chi connectivity index (χ4n) is 1.53. The van der Waals surface area contributed by atoms with Crippen molar-refractivity contribution in [3.63, 3.8) is 0 Å². The second kappa shape index (κ2) is 11.6. The van der Waals surface area contributed by atoms with Gasteiger partial charge in [-0.15, -0.1) is 0 Å². The van der Waals surface area contributed by atoms with E-state index in [9.17, 15) is 65.5 Å². The first kappa shape index (κ1) is 35.5. The van der Waals surface area contributed by atoms with Crippen LogP contribution in [0.1, 0.15) is 20.3 Å². The zero-order valence-electron chi connectivity index (χ0n) is 18.6. The molecular formula is C15H23F10N3O5S2. The lowest BCUT2D eigenvalue weighted by atomic mass is 10.3. The van der Waals surface area contributed by atoms with Gasteiger partial charge in [0, 0.05) is 18.5 Å². The zero-order valence-corrected chi connectivity index (χ0v) is 20.2. The van der Waals surface area contributed by atoms with Crippen molar-refractivity contribution in [1.29, 1.82) is 0 Å². The normalized spacial score (nSPS) is 14.1. The number of nitrogens with zero attached hydrogens (tertiary/aromatic N) is 2. The van der Waals surface area contributed by atoms with Gasteiger partial charge in [-0.1, -0.05) is 6.58 Å². The number of carbonyl (C=O) groups is 1. The summed E-state index contributed by atoms with van der Waals surface area (Å²) < 4.78 is 162. The summed E-state index contributed by atoms with van der Waals surface area (Å²) in [5.41, 5.74) is 0.578. The number of halogens is 10. The smallest absolute Gasteiger partial charge is 0.425 e. The van der Waals surface area contributed by atoms with Gasteiger partial charge in [0.15, 0.2) is 20.0 Å². The molecule has 0 saturated heterocycles. The summed E-state index contributed by atoms with van der Waals surface area (Å²) in [6, 6.07) is 0. The van der Waals surface area contributed by atoms with Gasteiger partial charge >= 0.3 is 22.9 Å². The largest absolute Gasteiger partial charge is 0.467 e. The Bertz CT molecular complexity index is 905. The molecule has 35 heavy (non-hydrogen) atoms. The van der Waals surface area contributed by atoms with Crippen molar-refractivity contribution in [2.24, 2.45) is 0 Å². The number of nitrogens with one attached hydrogen (secondary N) is 1. The molecule has 1 amide bonds. The number of carbonyl (C=O) groups excluding carboxylic acids is 1. The summed E-state index contributed by atoms with van der Waals surface area (Å²) in [7, 11) is -10.8. The van der Waals surface area contributed by atoms with Gasteiger partial charge in [-0.3, -0.25) is 4.79 Å². The molecule has 0 aromatic heterocycles. The molecule has 0 aliphatic heterocycles. The van der Waals surface area contributed by atoms with E-state index in [0.717, 1.165) is 30.5 Å². The van der Waals surface area contributed by atoms with E-state index in [1.54, 1.807) is 6.92 Å². The molecule has 20 heteroatoms. The van der Waals surface area contributed by atoms with Crippen molar-refractivity contribution in [2.45, 2.75) is 43.1 Å². The Morgan fingerprint density at radius 3 is 1.46 bits per heavy atom. The third kappa shape index (κ3) is 9.71. The average Bonchev–Trinajstić information content (AvgIpc) is 2.62. The lowest BCUT2D eigenvalue weighted by Crippen LogP contribution is -2.48. The molecule has 0 bridgehead atoms. The predicted molar refractivity (Wildman–Crippen MR) is 103 cm³/mol. The average molecular weight is 579 g/mol. The summed E-state index contributed by atoms with van der Waals surface area (Å²) in [6.45, 7) is 10.4. The zero-order chi connectivity index (χ0) is 28.9. The summed E-state index contributed by atoms with van der Waals surface area (Å²) >= 11 is 0. The van der Waals surface area contributed by atoms with Gasteiger partial charge in [0.05, 0.1) is 27.2 Å². The Balaban J connectivity index is 0. The van der Waals surface area contributed by atoms with Gasteiger partial charge in [0.1, 0.15) is 0 Å². The monoisotopic (exact) mass is 579 g/mol. The molecule has 0 atom stereocenters. The molecule has 0 radical (unpaired) electrons. The number of quaternary nitrogens is 1. The minimum Gasteiger partial charge on any atom is -0.425 e. The van der Waals surface area contributed by atoms with Crippen LogP contribution in [0.2, 0.25) is 0 Å². The van der Waals surface area contributed by atoms with Crippen molar-refractivity contribution >= 4 is 26.0 Å². The van der Waals surface area contributed by atoms with Crippen LogP contribution in [-0.2, 0) is 24.8 Å². The van der Waals surface area contributed by atoms with Crippen molar-refractivity contribution < 1.29 is 70.0 Å². The molecule has 0 saturated carbocycles. The molecule has 0 aromatic carbocycles. The van der Waals surface area contributed by atoms with Crippen LogP contribution in [0, 0.1) is 0 Å². The number of hydrogen-bond donors (Lipinski definition) is 1. The highest BCUT2D eigenvalue weighted by Gasteiger charge is 2.68. The highest BCUT2D eigenvalue weighted by molar-refractivity contribution is 8.13. The maximum atomic E-state index is 12.3. The van der Waals surface area contributed by atoms with Crippen LogP contribution in [0.3, 0.4) is 0 Å². The minimum atomic E-state index is -7.62. The lowest BCUT2D eigenvalue weighted by molar-refractivity contribution is -0.888. The van der Waals surface area contributed by atoms with E-state index in [-0.39, 0.29) is 5.91 Å². The third-order valence-corrected chi connectivity index (χ3v) is 7.30. The van der Waals surface area contributed by atoms with Crippen molar-refractivity contribution in [3.8, 4) is 0 Å². The fourth-order valence-corrected chi connectivity index (χ4v) is 3.90. The summed E-state index contributed by atoms with van der Waals surface area (Å²) in [5, 5.41) is -11.2. The van der Waals surface area contributed by atoms with Crippen LogP contribution < -0.4 is 5.32 Å². The molecule has 1 N–H and O–H groups in total. The molecule has 0 unspecified atom stereocenters. The Morgan fingerprint density at radius 2 is 1.20 bits per heavy atom. The fraction of sp³-hybridized carbons (Fsp3) is 0.800. The van der Waals surface area contributed by atoms with Crippen LogP contribution in [0.25, 0.3) is 4.13 Å². The van der Waals surface area contributed by atoms with Crippen molar-refractivity contribution in [3.05, 3.63) is 16.3 Å². The standard InChI is InChI=1S/C11H22N2O.C4F10NO4S2/c1-6-13(4,5)9-7-8-12-11(14)10(2)3;5-1(6,7)3(11,12)20(16,17)15-21(18,19)4(13,14)2(8,9)10/h2,6-9H2,1,3-5H3;/q;-1/p+1. The molecule has 0 aromatic rings. The molecule has 0 spiro atoms. The van der Waals surface area contributed by atoms with Gasteiger partial charge in [-0.2, -0.15) is 43.9 Å². The summed E-state index contributed by atoms with van der Waals surface area (Å²) in [5.74, 6) is -0.0354. The van der Waals surface area contributed by atoms with Crippen LogP contribution in [0.5, 0.6) is 0 Å². The molecular weight excluding hydrogens is 556 g/mol. The number of hydrogen-bond acceptors (Lipinski definition) is 5. The molecule has 0 heterocycles. The Hall–Kier alpha value is -1.67. The Labute approximate surface area is 195 Å². The summed E-state index contributed by atoms with van der Waals surface area (Å²) in [6.07, 6.45) is -13.0. The minimum absolute atomic E-state index is 0.0354. The summed E-state index contributed by atoms with van der Waals surface area (Å²) in [4.78, 5) is 11.1. The maximum Gasteiger partial charge on any atom is 0.467 e. The van der Waals surface area contributed by atoms with Crippen LogP contribution >= 0.6 is 0 Å². The Morgan fingerprint density at radius 1 is 0.857 bits per heavy atom. The molecule has 210 valence electrons. The van der Waals surface area contributed by atoms with E-state index >= 15 is 0 Å². The second-order valence-electron chi connectivity index (χ2n) is 7.42. The van der Waals surface area contributed by atoms with Crippen molar-refractivity contribution in [2.75, 3.05) is 33.7 Å². The lowest BCUT2D eigenvalue weighted by Gasteiger charge is -2.31. The number of sulfonamides is 2. The SMILES string of the molecule is C=C(C)C(=O)NCCC[N+](C)(C)CC.O=S(=O)([N-]S(=O)(=O)C(F)(F)C(F)(F)F)C(F)(F)C(F)(F)F. The molecule has 0 aliphatic rings. The predicted octanol–water partition coefficient (Wildman–Crippen LogP) is 3.50. The molecule has 0 rings (SSSR count).